The molecule has 6 heteroatoms. The van der Waals surface area contributed by atoms with Crippen LogP contribution in [0.15, 0.2) is 48.5 Å². The Balaban J connectivity index is 1.68. The molecule has 0 radical (unpaired) electrons. The maximum atomic E-state index is 13.4. The minimum atomic E-state index is -0.795. The Morgan fingerprint density at radius 1 is 0.949 bits per heavy atom. The first kappa shape index (κ1) is 28.6. The standard InChI is InChI=1S/C33H42N2O4/c1-32(2,3)23-12-14-24(15-13-23)39-25-16-17-26-22(19-25)20-28(34-27(26)18-21-10-8-9-11-21)30(36)35-29(31(37)38-7)33(4,5)6/h12-17,19-21,29H,8-11,18H2,1-7H3,(H,35,36)/t29-/m1/s1. The maximum absolute atomic E-state index is 13.4. The van der Waals surface area contributed by atoms with Crippen LogP contribution >= 0.6 is 0 Å². The molecule has 1 heterocycles. The molecule has 0 unspecified atom stereocenters. The molecule has 0 bridgehead atoms. The van der Waals surface area contributed by atoms with Crippen LogP contribution in [-0.2, 0) is 21.4 Å². The molecule has 4 rings (SSSR count). The fraction of sp³-hybridized carbons (Fsp3) is 0.485. The number of fused-ring (bicyclic) bond motifs is 1. The van der Waals surface area contributed by atoms with Gasteiger partial charge in [0.1, 0.15) is 23.2 Å². The number of carbonyl (C=O) groups is 2. The number of nitrogens with one attached hydrogen (secondary N) is 1. The van der Waals surface area contributed by atoms with E-state index in [1.165, 1.54) is 38.4 Å². The molecule has 0 aliphatic heterocycles. The summed E-state index contributed by atoms with van der Waals surface area (Å²) in [7, 11) is 1.33. The quantitative estimate of drug-likeness (QED) is 0.323. The lowest BCUT2D eigenvalue weighted by molar-refractivity contribution is -0.145. The number of amides is 1. The fourth-order valence-electron chi connectivity index (χ4n) is 5.24. The van der Waals surface area contributed by atoms with Gasteiger partial charge in [0.15, 0.2) is 0 Å². The van der Waals surface area contributed by atoms with Gasteiger partial charge in [-0.2, -0.15) is 0 Å². The van der Waals surface area contributed by atoms with Crippen molar-refractivity contribution >= 4 is 22.6 Å². The first-order valence-electron chi connectivity index (χ1n) is 14.0. The largest absolute Gasteiger partial charge is 0.467 e. The van der Waals surface area contributed by atoms with Gasteiger partial charge in [-0.05, 0) is 70.5 Å². The monoisotopic (exact) mass is 530 g/mol. The fourth-order valence-corrected chi connectivity index (χ4v) is 5.24. The molecule has 39 heavy (non-hydrogen) atoms. The van der Waals surface area contributed by atoms with Gasteiger partial charge in [0, 0.05) is 11.1 Å². The highest BCUT2D eigenvalue weighted by Gasteiger charge is 2.34. The van der Waals surface area contributed by atoms with Crippen LogP contribution in [-0.4, -0.2) is 30.0 Å². The molecule has 1 saturated carbocycles. The molecule has 1 fully saturated rings. The van der Waals surface area contributed by atoms with E-state index in [1.807, 2.05) is 51.1 Å². The van der Waals surface area contributed by atoms with Crippen molar-refractivity contribution in [3.05, 3.63) is 65.5 Å². The predicted octanol–water partition coefficient (Wildman–Crippen LogP) is 7.37. The third-order valence-corrected chi connectivity index (χ3v) is 7.61. The van der Waals surface area contributed by atoms with Gasteiger partial charge in [-0.25, -0.2) is 9.78 Å². The van der Waals surface area contributed by atoms with Crippen LogP contribution in [0.2, 0.25) is 0 Å². The summed E-state index contributed by atoms with van der Waals surface area (Å²) in [4.78, 5) is 30.7. The van der Waals surface area contributed by atoms with Crippen molar-refractivity contribution in [1.29, 1.82) is 0 Å². The van der Waals surface area contributed by atoms with E-state index in [1.54, 1.807) is 6.07 Å². The second kappa shape index (κ2) is 11.4. The first-order chi connectivity index (χ1) is 18.3. The van der Waals surface area contributed by atoms with Crippen LogP contribution in [0.1, 0.15) is 89.0 Å². The molecular formula is C33H42N2O4. The van der Waals surface area contributed by atoms with Crippen molar-refractivity contribution in [2.24, 2.45) is 11.3 Å². The van der Waals surface area contributed by atoms with Gasteiger partial charge in [0.05, 0.1) is 7.11 Å². The zero-order valence-corrected chi connectivity index (χ0v) is 24.4. The molecule has 2 aromatic carbocycles. The highest BCUT2D eigenvalue weighted by Crippen LogP contribution is 2.33. The van der Waals surface area contributed by atoms with Gasteiger partial charge < -0.3 is 14.8 Å². The summed E-state index contributed by atoms with van der Waals surface area (Å²) < 4.78 is 11.2. The Bertz CT molecular complexity index is 1330. The van der Waals surface area contributed by atoms with Crippen molar-refractivity contribution in [1.82, 2.24) is 10.3 Å². The van der Waals surface area contributed by atoms with Gasteiger partial charge in [0.25, 0.3) is 5.91 Å². The second-order valence-corrected chi connectivity index (χ2v) is 12.9. The van der Waals surface area contributed by atoms with Gasteiger partial charge in [0.2, 0.25) is 0 Å². The van der Waals surface area contributed by atoms with Gasteiger partial charge in [-0.3, -0.25) is 4.79 Å². The molecule has 1 atom stereocenters. The van der Waals surface area contributed by atoms with E-state index in [0.717, 1.165) is 28.6 Å². The van der Waals surface area contributed by atoms with Crippen LogP contribution in [0.25, 0.3) is 10.8 Å². The number of ether oxygens (including phenoxy) is 2. The minimum absolute atomic E-state index is 0.0705. The molecular weight excluding hydrogens is 488 g/mol. The number of pyridine rings is 1. The van der Waals surface area contributed by atoms with Crippen LogP contribution in [0.3, 0.4) is 0 Å². The number of esters is 1. The van der Waals surface area contributed by atoms with Crippen molar-refractivity contribution in [3.8, 4) is 11.5 Å². The third kappa shape index (κ3) is 6.97. The molecule has 0 spiro atoms. The summed E-state index contributed by atoms with van der Waals surface area (Å²) in [5.41, 5.74) is 2.00. The number of benzene rings is 2. The van der Waals surface area contributed by atoms with E-state index < -0.39 is 17.4 Å². The predicted molar refractivity (Wildman–Crippen MR) is 155 cm³/mol. The average molecular weight is 531 g/mol. The lowest BCUT2D eigenvalue weighted by Gasteiger charge is -2.29. The number of methoxy groups -OCH3 is 1. The number of aromatic nitrogens is 1. The number of nitrogens with zero attached hydrogens (tertiary/aromatic N) is 1. The molecule has 1 aromatic heterocycles. The molecule has 1 amide bonds. The Morgan fingerprint density at radius 3 is 2.18 bits per heavy atom. The van der Waals surface area contributed by atoms with Crippen molar-refractivity contribution in [3.63, 3.8) is 0 Å². The molecule has 0 saturated heterocycles. The minimum Gasteiger partial charge on any atom is -0.467 e. The molecule has 1 aliphatic carbocycles. The zero-order valence-electron chi connectivity index (χ0n) is 24.4. The first-order valence-corrected chi connectivity index (χ1v) is 14.0. The topological polar surface area (TPSA) is 77.5 Å². The van der Waals surface area contributed by atoms with E-state index in [-0.39, 0.29) is 11.3 Å². The van der Waals surface area contributed by atoms with Gasteiger partial charge in [-0.15, -0.1) is 0 Å². The average Bonchev–Trinajstić information content (AvgIpc) is 3.38. The summed E-state index contributed by atoms with van der Waals surface area (Å²) in [6.45, 7) is 12.2. The molecule has 6 nitrogen and oxygen atoms in total. The van der Waals surface area contributed by atoms with Crippen LogP contribution in [0.5, 0.6) is 11.5 Å². The number of rotatable bonds is 7. The normalized spacial score (nSPS) is 15.3. The molecule has 208 valence electrons. The SMILES string of the molecule is COC(=O)[C@@H](NC(=O)c1cc2cc(Oc3ccc(C(C)(C)C)cc3)ccc2c(CC2CCCC2)n1)C(C)(C)C. The summed E-state index contributed by atoms with van der Waals surface area (Å²) in [6, 6.07) is 15.1. The Morgan fingerprint density at radius 2 is 1.59 bits per heavy atom. The van der Waals surface area contributed by atoms with Crippen LogP contribution in [0, 0.1) is 11.3 Å². The maximum Gasteiger partial charge on any atom is 0.328 e. The number of carbonyl (C=O) groups excluding carboxylic acids is 2. The number of hydrogen-bond donors (Lipinski definition) is 1. The summed E-state index contributed by atoms with van der Waals surface area (Å²) in [5.74, 6) is 1.15. The lowest BCUT2D eigenvalue weighted by atomic mass is 9.86. The smallest absolute Gasteiger partial charge is 0.328 e. The van der Waals surface area contributed by atoms with Crippen molar-refractivity contribution in [2.45, 2.75) is 85.1 Å². The highest BCUT2D eigenvalue weighted by atomic mass is 16.5. The van der Waals surface area contributed by atoms with Crippen LogP contribution < -0.4 is 10.1 Å². The van der Waals surface area contributed by atoms with E-state index in [9.17, 15) is 9.59 Å². The third-order valence-electron chi connectivity index (χ3n) is 7.61. The van der Waals surface area contributed by atoms with Gasteiger partial charge in [-0.1, -0.05) is 79.4 Å². The number of hydrogen-bond acceptors (Lipinski definition) is 5. The van der Waals surface area contributed by atoms with Crippen molar-refractivity contribution in [2.75, 3.05) is 7.11 Å². The lowest BCUT2D eigenvalue weighted by Crippen LogP contribution is -2.49. The van der Waals surface area contributed by atoms with E-state index in [0.29, 0.717) is 17.4 Å². The second-order valence-electron chi connectivity index (χ2n) is 12.9. The molecule has 1 aliphatic rings. The van der Waals surface area contributed by atoms with Crippen molar-refractivity contribution < 1.29 is 19.1 Å². The summed E-state index contributed by atoms with van der Waals surface area (Å²) >= 11 is 0. The Kier molecular flexibility index (Phi) is 8.34. The zero-order chi connectivity index (χ0) is 28.4. The molecule has 1 N–H and O–H groups in total. The van der Waals surface area contributed by atoms with E-state index in [4.69, 9.17) is 14.5 Å². The van der Waals surface area contributed by atoms with Gasteiger partial charge >= 0.3 is 5.97 Å². The van der Waals surface area contributed by atoms with E-state index >= 15 is 0 Å². The summed E-state index contributed by atoms with van der Waals surface area (Å²) in [5, 5.41) is 4.78. The Hall–Kier alpha value is -3.41. The summed E-state index contributed by atoms with van der Waals surface area (Å²) in [6.07, 6.45) is 5.66. The van der Waals surface area contributed by atoms with E-state index in [2.05, 4.69) is 38.2 Å². The highest BCUT2D eigenvalue weighted by molar-refractivity contribution is 5.99. The van der Waals surface area contributed by atoms with Crippen LogP contribution in [0.4, 0.5) is 0 Å². The Labute approximate surface area is 232 Å². The molecule has 3 aromatic rings.